The van der Waals surface area contributed by atoms with Crippen LogP contribution in [0.1, 0.15) is 17.5 Å². The third kappa shape index (κ3) is 1.89. The number of fused-ring (bicyclic) bond motifs is 1. The van der Waals surface area contributed by atoms with Gasteiger partial charge in [0.1, 0.15) is 0 Å². The number of nitrogens with one attached hydrogen (secondary N) is 2. The van der Waals surface area contributed by atoms with Crippen molar-refractivity contribution in [2.45, 2.75) is 25.6 Å². The lowest BCUT2D eigenvalue weighted by Gasteiger charge is -2.16. The molecule has 1 atom stereocenters. The molecular weight excluding hydrogens is 214 g/mol. The molecule has 2 N–H and O–H groups in total. The summed E-state index contributed by atoms with van der Waals surface area (Å²) in [6, 6.07) is 6.59. The number of nitrogens with zero attached hydrogens (tertiary/aromatic N) is 1. The van der Waals surface area contributed by atoms with Gasteiger partial charge in [0.2, 0.25) is 5.91 Å². The van der Waals surface area contributed by atoms with E-state index in [-0.39, 0.29) is 11.9 Å². The van der Waals surface area contributed by atoms with Gasteiger partial charge in [0.15, 0.2) is 0 Å². The Hall–Kier alpha value is -1.55. The Kier molecular flexibility index (Phi) is 2.52. The first-order valence-corrected chi connectivity index (χ1v) is 6.06. The second kappa shape index (κ2) is 4.04. The topological polar surface area (TPSA) is 44.4 Å². The van der Waals surface area contributed by atoms with E-state index in [2.05, 4.69) is 28.8 Å². The second-order valence-corrected chi connectivity index (χ2v) is 4.87. The predicted molar refractivity (Wildman–Crippen MR) is 66.7 cm³/mol. The summed E-state index contributed by atoms with van der Waals surface area (Å²) in [5, 5.41) is 6.85. The lowest BCUT2D eigenvalue weighted by molar-refractivity contribution is -0.126. The number of likely N-dealkylation sites (tertiary alicyclic amines) is 1. The summed E-state index contributed by atoms with van der Waals surface area (Å²) in [7, 11) is 1.86. The molecule has 1 fully saturated rings. The Morgan fingerprint density at radius 3 is 3.06 bits per heavy atom. The molecule has 0 bridgehead atoms. The smallest absolute Gasteiger partial charge is 0.224 e. The van der Waals surface area contributed by atoms with Crippen molar-refractivity contribution >= 4 is 11.6 Å². The van der Waals surface area contributed by atoms with Crippen molar-refractivity contribution in [1.82, 2.24) is 10.2 Å². The Morgan fingerprint density at radius 2 is 2.29 bits per heavy atom. The van der Waals surface area contributed by atoms with Crippen LogP contribution in [-0.2, 0) is 17.9 Å². The quantitative estimate of drug-likeness (QED) is 0.796. The van der Waals surface area contributed by atoms with Crippen LogP contribution < -0.4 is 10.6 Å². The lowest BCUT2D eigenvalue weighted by atomic mass is 10.1. The second-order valence-electron chi connectivity index (χ2n) is 4.87. The van der Waals surface area contributed by atoms with Crippen LogP contribution in [0.2, 0.25) is 0 Å². The van der Waals surface area contributed by atoms with Crippen molar-refractivity contribution in [3.05, 3.63) is 29.3 Å². The van der Waals surface area contributed by atoms with E-state index in [0.717, 1.165) is 19.6 Å². The van der Waals surface area contributed by atoms with Crippen LogP contribution in [0, 0.1) is 0 Å². The highest BCUT2D eigenvalue weighted by molar-refractivity contribution is 5.79. The first-order chi connectivity index (χ1) is 8.24. The van der Waals surface area contributed by atoms with Crippen molar-refractivity contribution in [3.8, 4) is 0 Å². The van der Waals surface area contributed by atoms with Crippen LogP contribution in [0.25, 0.3) is 0 Å². The highest BCUT2D eigenvalue weighted by Gasteiger charge is 2.27. The fourth-order valence-electron chi connectivity index (χ4n) is 2.65. The summed E-state index contributed by atoms with van der Waals surface area (Å²) in [4.78, 5) is 13.3. The first-order valence-electron chi connectivity index (χ1n) is 6.06. The van der Waals surface area contributed by atoms with Gasteiger partial charge in [-0.1, -0.05) is 12.1 Å². The molecule has 4 nitrogen and oxygen atoms in total. The van der Waals surface area contributed by atoms with Crippen LogP contribution in [0.15, 0.2) is 18.2 Å². The third-order valence-electron chi connectivity index (χ3n) is 3.59. The van der Waals surface area contributed by atoms with Gasteiger partial charge in [-0.2, -0.15) is 0 Å². The number of anilines is 1. The van der Waals surface area contributed by atoms with Crippen molar-refractivity contribution in [2.75, 3.05) is 18.9 Å². The zero-order chi connectivity index (χ0) is 11.8. The van der Waals surface area contributed by atoms with E-state index >= 15 is 0 Å². The number of likely N-dealkylation sites (N-methyl/N-ethyl adjacent to an activating group) is 1. The normalized spacial score (nSPS) is 23.0. The van der Waals surface area contributed by atoms with E-state index in [9.17, 15) is 4.79 Å². The van der Waals surface area contributed by atoms with Crippen molar-refractivity contribution in [3.63, 3.8) is 0 Å². The van der Waals surface area contributed by atoms with Gasteiger partial charge in [-0.3, -0.25) is 4.79 Å². The van der Waals surface area contributed by atoms with E-state index in [1.807, 2.05) is 7.05 Å². The minimum atomic E-state index is 0.230. The molecule has 0 radical (unpaired) electrons. The lowest BCUT2D eigenvalue weighted by Crippen LogP contribution is -2.24. The molecule has 0 saturated carbocycles. The Labute approximate surface area is 101 Å². The Bertz CT molecular complexity index is 458. The highest BCUT2D eigenvalue weighted by Crippen LogP contribution is 2.26. The van der Waals surface area contributed by atoms with E-state index in [0.29, 0.717) is 6.42 Å². The molecule has 1 aromatic rings. The molecule has 2 aliphatic heterocycles. The maximum atomic E-state index is 11.5. The maximum absolute atomic E-state index is 11.5. The van der Waals surface area contributed by atoms with Crippen LogP contribution >= 0.6 is 0 Å². The van der Waals surface area contributed by atoms with E-state index in [1.54, 1.807) is 4.90 Å². The minimum Gasteiger partial charge on any atom is -0.380 e. The Balaban J connectivity index is 1.78. The van der Waals surface area contributed by atoms with Gasteiger partial charge < -0.3 is 15.5 Å². The highest BCUT2D eigenvalue weighted by atomic mass is 16.2. The first kappa shape index (κ1) is 10.6. The predicted octanol–water partition coefficient (Wildman–Crippen LogP) is 0.932. The number of amides is 1. The van der Waals surface area contributed by atoms with Crippen molar-refractivity contribution in [2.24, 2.45) is 0 Å². The summed E-state index contributed by atoms with van der Waals surface area (Å²) in [5.41, 5.74) is 3.91. The van der Waals surface area contributed by atoms with Gasteiger partial charge in [0.05, 0.1) is 6.04 Å². The molecule has 0 aliphatic carbocycles. The molecule has 17 heavy (non-hydrogen) atoms. The number of carbonyl (C=O) groups is 1. The molecule has 90 valence electrons. The number of hydrogen-bond donors (Lipinski definition) is 2. The third-order valence-corrected chi connectivity index (χ3v) is 3.59. The van der Waals surface area contributed by atoms with Crippen LogP contribution in [-0.4, -0.2) is 30.4 Å². The standard InChI is InChI=1S/C13H17N3O/c1-16-8-10(5-13(16)17)15-12-4-2-3-9-6-14-7-11(9)12/h2-4,10,14-15H,5-8H2,1H3/t10-/m1/s1. The van der Waals surface area contributed by atoms with Gasteiger partial charge >= 0.3 is 0 Å². The summed E-state index contributed by atoms with van der Waals surface area (Å²) in [5.74, 6) is 0.230. The maximum Gasteiger partial charge on any atom is 0.224 e. The summed E-state index contributed by atoms with van der Waals surface area (Å²) in [6.45, 7) is 2.68. The van der Waals surface area contributed by atoms with Gasteiger partial charge in [0, 0.05) is 38.8 Å². The molecule has 1 amide bonds. The van der Waals surface area contributed by atoms with Crippen molar-refractivity contribution in [1.29, 1.82) is 0 Å². The molecule has 2 aliphatic rings. The summed E-state index contributed by atoms with van der Waals surface area (Å²) in [6.07, 6.45) is 0.605. The van der Waals surface area contributed by atoms with Gasteiger partial charge in [-0.15, -0.1) is 0 Å². The fraction of sp³-hybridized carbons (Fsp3) is 0.462. The van der Waals surface area contributed by atoms with Gasteiger partial charge in [-0.05, 0) is 17.2 Å². The monoisotopic (exact) mass is 231 g/mol. The molecule has 0 unspecified atom stereocenters. The van der Waals surface area contributed by atoms with Crippen molar-refractivity contribution < 1.29 is 4.79 Å². The zero-order valence-corrected chi connectivity index (χ0v) is 9.99. The van der Waals surface area contributed by atoms with Crippen LogP contribution in [0.3, 0.4) is 0 Å². The average molecular weight is 231 g/mol. The molecule has 1 saturated heterocycles. The van der Waals surface area contributed by atoms with Gasteiger partial charge in [-0.25, -0.2) is 0 Å². The van der Waals surface area contributed by atoms with Crippen LogP contribution in [0.5, 0.6) is 0 Å². The molecule has 3 rings (SSSR count). The number of carbonyl (C=O) groups excluding carboxylic acids is 1. The average Bonchev–Trinajstić information content (AvgIpc) is 2.87. The molecule has 0 aromatic heterocycles. The molecule has 4 heteroatoms. The fourth-order valence-corrected chi connectivity index (χ4v) is 2.65. The number of benzene rings is 1. The van der Waals surface area contributed by atoms with Crippen LogP contribution in [0.4, 0.5) is 5.69 Å². The van der Waals surface area contributed by atoms with E-state index in [4.69, 9.17) is 0 Å². The van der Waals surface area contributed by atoms with E-state index in [1.165, 1.54) is 16.8 Å². The minimum absolute atomic E-state index is 0.230. The molecule has 2 heterocycles. The number of rotatable bonds is 2. The molecule has 0 spiro atoms. The SMILES string of the molecule is CN1C[C@H](Nc2cccc3c2CNC3)CC1=O. The summed E-state index contributed by atoms with van der Waals surface area (Å²) >= 11 is 0. The van der Waals surface area contributed by atoms with E-state index < -0.39 is 0 Å². The van der Waals surface area contributed by atoms with Gasteiger partial charge in [0.25, 0.3) is 0 Å². The zero-order valence-electron chi connectivity index (χ0n) is 9.99. The number of hydrogen-bond acceptors (Lipinski definition) is 3. The molecule has 1 aromatic carbocycles. The Morgan fingerprint density at radius 1 is 1.41 bits per heavy atom. The largest absolute Gasteiger partial charge is 0.380 e. The molecular formula is C13H17N3O. The summed E-state index contributed by atoms with van der Waals surface area (Å²) < 4.78 is 0.